The highest BCUT2D eigenvalue weighted by Crippen LogP contribution is 2.35. The highest BCUT2D eigenvalue weighted by atomic mass is 16.5. The Bertz CT molecular complexity index is 946. The molecule has 0 fully saturated rings. The molecule has 0 aliphatic carbocycles. The Labute approximate surface area is 139 Å². The predicted molar refractivity (Wildman–Crippen MR) is 93.0 cm³/mol. The van der Waals surface area contributed by atoms with E-state index in [1.807, 2.05) is 48.5 Å². The SMILES string of the molecule is COc1cccc(-c2ccccc2-c2nc(N)nc(N)c2C#N)c1. The van der Waals surface area contributed by atoms with Gasteiger partial charge in [0.05, 0.1) is 12.8 Å². The van der Waals surface area contributed by atoms with Gasteiger partial charge in [-0.15, -0.1) is 0 Å². The van der Waals surface area contributed by atoms with Crippen molar-refractivity contribution in [1.29, 1.82) is 5.26 Å². The molecular formula is C18H15N5O. The third-order valence-electron chi connectivity index (χ3n) is 3.63. The number of nitrogen functional groups attached to an aromatic ring is 2. The fourth-order valence-corrected chi connectivity index (χ4v) is 2.53. The lowest BCUT2D eigenvalue weighted by Crippen LogP contribution is -2.05. The van der Waals surface area contributed by atoms with Gasteiger partial charge in [0, 0.05) is 5.56 Å². The summed E-state index contributed by atoms with van der Waals surface area (Å²) in [7, 11) is 1.62. The summed E-state index contributed by atoms with van der Waals surface area (Å²) in [5, 5.41) is 9.42. The molecular weight excluding hydrogens is 302 g/mol. The number of nitrogens with two attached hydrogens (primary N) is 2. The number of benzene rings is 2. The van der Waals surface area contributed by atoms with Crippen LogP contribution in [0, 0.1) is 11.3 Å². The van der Waals surface area contributed by atoms with Gasteiger partial charge in [0.15, 0.2) is 0 Å². The molecule has 0 saturated heterocycles. The van der Waals surface area contributed by atoms with Crippen LogP contribution in [0.1, 0.15) is 5.56 Å². The smallest absolute Gasteiger partial charge is 0.222 e. The fraction of sp³-hybridized carbons (Fsp3) is 0.0556. The van der Waals surface area contributed by atoms with E-state index in [1.54, 1.807) is 7.11 Å². The predicted octanol–water partition coefficient (Wildman–Crippen LogP) is 2.86. The average Bonchev–Trinajstić information content (AvgIpc) is 2.61. The number of ether oxygens (including phenoxy) is 1. The highest BCUT2D eigenvalue weighted by molar-refractivity contribution is 5.86. The Morgan fingerprint density at radius 3 is 2.46 bits per heavy atom. The first-order valence-electron chi connectivity index (χ1n) is 7.21. The molecule has 6 heteroatoms. The summed E-state index contributed by atoms with van der Waals surface area (Å²) < 4.78 is 5.29. The summed E-state index contributed by atoms with van der Waals surface area (Å²) >= 11 is 0. The van der Waals surface area contributed by atoms with Crippen LogP contribution in [0.4, 0.5) is 11.8 Å². The minimum absolute atomic E-state index is 0.0296. The zero-order valence-electron chi connectivity index (χ0n) is 13.0. The van der Waals surface area contributed by atoms with Crippen LogP contribution < -0.4 is 16.2 Å². The van der Waals surface area contributed by atoms with E-state index in [-0.39, 0.29) is 17.3 Å². The van der Waals surface area contributed by atoms with Crippen molar-refractivity contribution < 1.29 is 4.74 Å². The zero-order valence-corrected chi connectivity index (χ0v) is 13.0. The number of hydrogen-bond acceptors (Lipinski definition) is 6. The molecule has 0 bridgehead atoms. The maximum Gasteiger partial charge on any atom is 0.222 e. The van der Waals surface area contributed by atoms with Gasteiger partial charge >= 0.3 is 0 Å². The number of anilines is 2. The van der Waals surface area contributed by atoms with Gasteiger partial charge in [-0.1, -0.05) is 36.4 Å². The third-order valence-corrected chi connectivity index (χ3v) is 3.63. The largest absolute Gasteiger partial charge is 0.497 e. The lowest BCUT2D eigenvalue weighted by molar-refractivity contribution is 0.415. The molecule has 1 aromatic heterocycles. The average molecular weight is 317 g/mol. The second-order valence-electron chi connectivity index (χ2n) is 5.08. The monoisotopic (exact) mass is 317 g/mol. The van der Waals surface area contributed by atoms with Gasteiger partial charge in [-0.3, -0.25) is 0 Å². The minimum Gasteiger partial charge on any atom is -0.497 e. The second-order valence-corrected chi connectivity index (χ2v) is 5.08. The molecule has 118 valence electrons. The van der Waals surface area contributed by atoms with Crippen molar-refractivity contribution in [2.45, 2.75) is 0 Å². The summed E-state index contributed by atoms with van der Waals surface area (Å²) in [6.45, 7) is 0. The molecule has 2 aromatic carbocycles. The van der Waals surface area contributed by atoms with E-state index >= 15 is 0 Å². The van der Waals surface area contributed by atoms with E-state index < -0.39 is 0 Å². The molecule has 0 aliphatic heterocycles. The lowest BCUT2D eigenvalue weighted by Gasteiger charge is -2.12. The molecule has 0 radical (unpaired) electrons. The first-order valence-corrected chi connectivity index (χ1v) is 7.21. The van der Waals surface area contributed by atoms with Crippen LogP contribution in [-0.4, -0.2) is 17.1 Å². The van der Waals surface area contributed by atoms with Crippen LogP contribution in [0.15, 0.2) is 48.5 Å². The lowest BCUT2D eigenvalue weighted by atomic mass is 9.95. The Morgan fingerprint density at radius 1 is 1.00 bits per heavy atom. The standard InChI is InChI=1S/C18H15N5O/c1-24-12-6-4-5-11(9-12)13-7-2-3-8-14(13)16-15(10-19)17(20)23-18(21)22-16/h2-9H,1H3,(H4,20,21,22,23). The summed E-state index contributed by atoms with van der Waals surface area (Å²) in [6.07, 6.45) is 0. The molecule has 24 heavy (non-hydrogen) atoms. The summed E-state index contributed by atoms with van der Waals surface area (Å²) in [6, 6.07) is 17.3. The van der Waals surface area contributed by atoms with Crippen molar-refractivity contribution in [3.63, 3.8) is 0 Å². The van der Waals surface area contributed by atoms with Crippen LogP contribution in [-0.2, 0) is 0 Å². The highest BCUT2D eigenvalue weighted by Gasteiger charge is 2.16. The van der Waals surface area contributed by atoms with Crippen LogP contribution in [0.25, 0.3) is 22.4 Å². The third kappa shape index (κ3) is 2.71. The van der Waals surface area contributed by atoms with Crippen LogP contribution in [0.5, 0.6) is 5.75 Å². The van der Waals surface area contributed by atoms with Crippen LogP contribution >= 0.6 is 0 Å². The van der Waals surface area contributed by atoms with Crippen molar-refractivity contribution in [3.05, 3.63) is 54.1 Å². The van der Waals surface area contributed by atoms with Crippen LogP contribution in [0.2, 0.25) is 0 Å². The van der Waals surface area contributed by atoms with E-state index in [0.29, 0.717) is 5.69 Å². The number of nitrogens with zero attached hydrogens (tertiary/aromatic N) is 3. The van der Waals surface area contributed by atoms with E-state index in [1.165, 1.54) is 0 Å². The molecule has 6 nitrogen and oxygen atoms in total. The first kappa shape index (κ1) is 15.3. The Kier molecular flexibility index (Phi) is 4.00. The Morgan fingerprint density at radius 2 is 1.75 bits per heavy atom. The molecule has 3 aromatic rings. The van der Waals surface area contributed by atoms with Crippen molar-refractivity contribution in [2.75, 3.05) is 18.6 Å². The van der Waals surface area contributed by atoms with E-state index in [4.69, 9.17) is 16.2 Å². The minimum atomic E-state index is 0.0296. The summed E-state index contributed by atoms with van der Waals surface area (Å²) in [4.78, 5) is 8.10. The number of hydrogen-bond donors (Lipinski definition) is 2. The fourth-order valence-electron chi connectivity index (χ4n) is 2.53. The zero-order chi connectivity index (χ0) is 17.1. The first-order chi connectivity index (χ1) is 11.6. The van der Waals surface area contributed by atoms with Crippen LogP contribution in [0.3, 0.4) is 0 Å². The van der Waals surface area contributed by atoms with Gasteiger partial charge in [0.1, 0.15) is 23.2 Å². The van der Waals surface area contributed by atoms with Gasteiger partial charge in [-0.25, -0.2) is 4.98 Å². The molecule has 0 amide bonds. The van der Waals surface area contributed by atoms with Crippen molar-refractivity contribution >= 4 is 11.8 Å². The normalized spacial score (nSPS) is 10.2. The van der Waals surface area contributed by atoms with E-state index in [2.05, 4.69) is 16.0 Å². The van der Waals surface area contributed by atoms with Crippen molar-refractivity contribution in [3.8, 4) is 34.2 Å². The Hall–Kier alpha value is -3.59. The van der Waals surface area contributed by atoms with Gasteiger partial charge in [0.2, 0.25) is 5.95 Å². The molecule has 0 unspecified atom stereocenters. The number of methoxy groups -OCH3 is 1. The molecule has 0 aliphatic rings. The quantitative estimate of drug-likeness (QED) is 0.768. The van der Waals surface area contributed by atoms with Crippen molar-refractivity contribution in [2.24, 2.45) is 0 Å². The van der Waals surface area contributed by atoms with E-state index in [9.17, 15) is 5.26 Å². The number of rotatable bonds is 3. The van der Waals surface area contributed by atoms with Gasteiger partial charge in [0.25, 0.3) is 0 Å². The van der Waals surface area contributed by atoms with Gasteiger partial charge in [-0.05, 0) is 23.3 Å². The number of nitriles is 1. The van der Waals surface area contributed by atoms with Crippen molar-refractivity contribution in [1.82, 2.24) is 9.97 Å². The Balaban J connectivity index is 2.27. The maximum absolute atomic E-state index is 9.42. The summed E-state index contributed by atoms with van der Waals surface area (Å²) in [5.74, 6) is 0.840. The number of aromatic nitrogens is 2. The topological polar surface area (TPSA) is 111 Å². The summed E-state index contributed by atoms with van der Waals surface area (Å²) in [5.41, 5.74) is 14.8. The maximum atomic E-state index is 9.42. The molecule has 4 N–H and O–H groups in total. The molecule has 1 heterocycles. The van der Waals surface area contributed by atoms with Gasteiger partial charge < -0.3 is 16.2 Å². The molecule has 0 saturated carbocycles. The molecule has 3 rings (SSSR count). The molecule has 0 atom stereocenters. The van der Waals surface area contributed by atoms with E-state index in [0.717, 1.165) is 22.4 Å². The van der Waals surface area contributed by atoms with Gasteiger partial charge in [-0.2, -0.15) is 10.2 Å². The molecule has 0 spiro atoms. The second kappa shape index (κ2) is 6.26.